The minimum atomic E-state index is -0.459. The van der Waals surface area contributed by atoms with E-state index in [1.165, 1.54) is 0 Å². The van der Waals surface area contributed by atoms with Crippen LogP contribution in [-0.2, 0) is 9.47 Å². The molecule has 1 aliphatic rings. The highest BCUT2D eigenvalue weighted by atomic mass is 16.6. The summed E-state index contributed by atoms with van der Waals surface area (Å²) in [6.45, 7) is 6.70. The number of methoxy groups -OCH3 is 1. The minimum Gasteiger partial charge on any atom is -0.444 e. The highest BCUT2D eigenvalue weighted by molar-refractivity contribution is 5.68. The highest BCUT2D eigenvalue weighted by Gasteiger charge is 2.31. The smallest absolute Gasteiger partial charge is 0.410 e. The first-order chi connectivity index (χ1) is 7.33. The number of amides is 1. The van der Waals surface area contributed by atoms with Gasteiger partial charge in [-0.2, -0.15) is 0 Å². The van der Waals surface area contributed by atoms with Crippen molar-refractivity contribution in [1.29, 1.82) is 0 Å². The molecule has 2 atom stereocenters. The molecule has 0 aromatic heterocycles. The first kappa shape index (κ1) is 13.3. The van der Waals surface area contributed by atoms with Gasteiger partial charge in [-0.25, -0.2) is 4.79 Å². The Morgan fingerprint density at radius 2 is 2.06 bits per heavy atom. The minimum absolute atomic E-state index is 0.0405. The molecule has 0 unspecified atom stereocenters. The Bertz CT molecular complexity index is 250. The fraction of sp³-hybridized carbons (Fsp3) is 0.909. The van der Waals surface area contributed by atoms with Gasteiger partial charge in [0.05, 0.1) is 6.10 Å². The summed E-state index contributed by atoms with van der Waals surface area (Å²) in [7, 11) is 1.65. The molecule has 0 bridgehead atoms. The molecule has 1 fully saturated rings. The van der Waals surface area contributed by atoms with Gasteiger partial charge in [0.1, 0.15) is 5.60 Å². The maximum absolute atomic E-state index is 11.8. The number of nitrogens with two attached hydrogens (primary N) is 1. The van der Waals surface area contributed by atoms with Gasteiger partial charge in [0.25, 0.3) is 0 Å². The normalized spacial score (nSPS) is 26.7. The lowest BCUT2D eigenvalue weighted by atomic mass is 10.0. The van der Waals surface area contributed by atoms with Crippen LogP contribution < -0.4 is 5.73 Å². The van der Waals surface area contributed by atoms with Crippen molar-refractivity contribution in [1.82, 2.24) is 4.90 Å². The van der Waals surface area contributed by atoms with Crippen molar-refractivity contribution < 1.29 is 14.3 Å². The van der Waals surface area contributed by atoms with Crippen LogP contribution in [0.5, 0.6) is 0 Å². The van der Waals surface area contributed by atoms with E-state index in [1.54, 1.807) is 12.0 Å². The Morgan fingerprint density at radius 3 is 2.50 bits per heavy atom. The summed E-state index contributed by atoms with van der Waals surface area (Å²) < 4.78 is 10.5. The van der Waals surface area contributed by atoms with Crippen molar-refractivity contribution in [3.63, 3.8) is 0 Å². The van der Waals surface area contributed by atoms with E-state index >= 15 is 0 Å². The zero-order valence-electron chi connectivity index (χ0n) is 10.5. The molecule has 16 heavy (non-hydrogen) atoms. The summed E-state index contributed by atoms with van der Waals surface area (Å²) in [6.07, 6.45) is 0.507. The second kappa shape index (κ2) is 5.01. The van der Waals surface area contributed by atoms with Gasteiger partial charge in [0.2, 0.25) is 0 Å². The summed E-state index contributed by atoms with van der Waals surface area (Å²) in [5.74, 6) is 0. The van der Waals surface area contributed by atoms with Crippen LogP contribution in [0.25, 0.3) is 0 Å². The van der Waals surface area contributed by atoms with E-state index in [0.717, 1.165) is 6.42 Å². The van der Waals surface area contributed by atoms with E-state index in [-0.39, 0.29) is 18.2 Å². The Morgan fingerprint density at radius 1 is 1.44 bits per heavy atom. The molecular formula is C11H22N2O3. The largest absolute Gasteiger partial charge is 0.444 e. The molecule has 5 nitrogen and oxygen atoms in total. The fourth-order valence-electron chi connectivity index (χ4n) is 1.75. The lowest BCUT2D eigenvalue weighted by molar-refractivity contribution is -0.00573. The van der Waals surface area contributed by atoms with Gasteiger partial charge in [0.15, 0.2) is 0 Å². The molecule has 0 aliphatic carbocycles. The molecule has 0 saturated carbocycles. The second-order valence-electron chi connectivity index (χ2n) is 5.15. The molecule has 1 aliphatic heterocycles. The predicted octanol–water partition coefficient (Wildman–Crippen LogP) is 0.970. The van der Waals surface area contributed by atoms with Gasteiger partial charge in [-0.05, 0) is 27.2 Å². The van der Waals surface area contributed by atoms with E-state index in [0.29, 0.717) is 13.1 Å². The Hall–Kier alpha value is -0.810. The SMILES string of the molecule is CO[C@@H]1CCN(C(=O)OC(C)(C)C)C[C@H]1N. The van der Waals surface area contributed by atoms with Crippen LogP contribution in [0.2, 0.25) is 0 Å². The molecule has 5 heteroatoms. The van der Waals surface area contributed by atoms with Gasteiger partial charge in [-0.3, -0.25) is 0 Å². The topological polar surface area (TPSA) is 64.8 Å². The van der Waals surface area contributed by atoms with E-state index in [9.17, 15) is 4.79 Å². The molecule has 1 amide bonds. The van der Waals surface area contributed by atoms with Crippen molar-refractivity contribution >= 4 is 6.09 Å². The van der Waals surface area contributed by atoms with Crippen LogP contribution in [-0.4, -0.2) is 48.9 Å². The maximum atomic E-state index is 11.8. The second-order valence-corrected chi connectivity index (χ2v) is 5.15. The van der Waals surface area contributed by atoms with E-state index < -0.39 is 5.60 Å². The zero-order chi connectivity index (χ0) is 12.3. The lowest BCUT2D eigenvalue weighted by Gasteiger charge is -2.36. The van der Waals surface area contributed by atoms with Crippen LogP contribution in [0.3, 0.4) is 0 Å². The average molecular weight is 230 g/mol. The van der Waals surface area contributed by atoms with Gasteiger partial charge >= 0.3 is 6.09 Å². The third-order valence-electron chi connectivity index (χ3n) is 2.55. The van der Waals surface area contributed by atoms with Crippen molar-refractivity contribution in [3.05, 3.63) is 0 Å². The van der Waals surface area contributed by atoms with E-state index in [2.05, 4.69) is 0 Å². The summed E-state index contributed by atoms with van der Waals surface area (Å²) in [5.41, 5.74) is 5.45. The molecule has 1 rings (SSSR count). The third kappa shape index (κ3) is 3.64. The first-order valence-corrected chi connectivity index (χ1v) is 5.60. The number of likely N-dealkylation sites (tertiary alicyclic amines) is 1. The van der Waals surface area contributed by atoms with Gasteiger partial charge in [0, 0.05) is 26.2 Å². The maximum Gasteiger partial charge on any atom is 0.410 e. The van der Waals surface area contributed by atoms with Crippen molar-refractivity contribution in [2.24, 2.45) is 5.73 Å². The summed E-state index contributed by atoms with van der Waals surface area (Å²) in [5, 5.41) is 0. The number of carbonyl (C=O) groups is 1. The molecule has 94 valence electrons. The van der Waals surface area contributed by atoms with E-state index in [1.807, 2.05) is 20.8 Å². The molecule has 1 heterocycles. The van der Waals surface area contributed by atoms with Crippen LogP contribution in [0.4, 0.5) is 4.79 Å². The van der Waals surface area contributed by atoms with Crippen molar-refractivity contribution in [2.75, 3.05) is 20.2 Å². The average Bonchev–Trinajstić information content (AvgIpc) is 2.15. The third-order valence-corrected chi connectivity index (χ3v) is 2.55. The monoisotopic (exact) mass is 230 g/mol. The van der Waals surface area contributed by atoms with Gasteiger partial charge in [-0.1, -0.05) is 0 Å². The number of hydrogen-bond donors (Lipinski definition) is 1. The number of ether oxygens (including phenoxy) is 2. The summed E-state index contributed by atoms with van der Waals surface area (Å²) >= 11 is 0. The number of hydrogen-bond acceptors (Lipinski definition) is 4. The number of carbonyl (C=O) groups excluding carboxylic acids is 1. The first-order valence-electron chi connectivity index (χ1n) is 5.60. The van der Waals surface area contributed by atoms with Crippen LogP contribution in [0.15, 0.2) is 0 Å². The molecule has 1 saturated heterocycles. The predicted molar refractivity (Wildman–Crippen MR) is 61.2 cm³/mol. The van der Waals surface area contributed by atoms with Crippen LogP contribution in [0.1, 0.15) is 27.2 Å². The van der Waals surface area contributed by atoms with Crippen molar-refractivity contribution in [2.45, 2.75) is 44.9 Å². The van der Waals surface area contributed by atoms with Crippen molar-refractivity contribution in [3.8, 4) is 0 Å². The Kier molecular flexibility index (Phi) is 4.15. The molecule has 0 aromatic carbocycles. The van der Waals surface area contributed by atoms with Gasteiger partial charge < -0.3 is 20.1 Å². The number of piperidine rings is 1. The lowest BCUT2D eigenvalue weighted by Crippen LogP contribution is -2.54. The number of rotatable bonds is 1. The van der Waals surface area contributed by atoms with Crippen LogP contribution in [0, 0.1) is 0 Å². The molecular weight excluding hydrogens is 208 g/mol. The number of nitrogens with zero attached hydrogens (tertiary/aromatic N) is 1. The summed E-state index contributed by atoms with van der Waals surface area (Å²) in [4.78, 5) is 13.4. The molecule has 0 aromatic rings. The molecule has 0 spiro atoms. The fourth-order valence-corrected chi connectivity index (χ4v) is 1.75. The quantitative estimate of drug-likeness (QED) is 0.729. The Labute approximate surface area is 96.9 Å². The Balaban J connectivity index is 2.48. The zero-order valence-corrected chi connectivity index (χ0v) is 10.5. The van der Waals surface area contributed by atoms with Gasteiger partial charge in [-0.15, -0.1) is 0 Å². The molecule has 2 N–H and O–H groups in total. The standard InChI is InChI=1S/C11H22N2O3/c1-11(2,3)16-10(14)13-6-5-9(15-4)8(12)7-13/h8-9H,5-7,12H2,1-4H3/t8-,9-/m1/s1. The van der Waals surface area contributed by atoms with E-state index in [4.69, 9.17) is 15.2 Å². The summed E-state index contributed by atoms with van der Waals surface area (Å²) in [6, 6.07) is -0.133. The highest BCUT2D eigenvalue weighted by Crippen LogP contribution is 2.16. The molecule has 0 radical (unpaired) electrons. The van der Waals surface area contributed by atoms with Crippen LogP contribution >= 0.6 is 0 Å².